The van der Waals surface area contributed by atoms with Crippen LogP contribution in [0.3, 0.4) is 0 Å². The summed E-state index contributed by atoms with van der Waals surface area (Å²) in [5, 5.41) is 4.69. The average molecular weight is 259 g/mol. The molecule has 3 heteroatoms. The molecule has 1 heterocycles. The lowest BCUT2D eigenvalue weighted by atomic mass is 9.54. The van der Waals surface area contributed by atoms with Gasteiger partial charge in [-0.3, -0.25) is 4.68 Å². The van der Waals surface area contributed by atoms with E-state index in [1.54, 1.807) is 0 Å². The summed E-state index contributed by atoms with van der Waals surface area (Å²) >= 11 is 0. The molecular weight excluding hydrogens is 234 g/mol. The lowest BCUT2D eigenvalue weighted by molar-refractivity contribution is -0.0346. The van der Waals surface area contributed by atoms with Crippen LogP contribution in [0.5, 0.6) is 0 Å². The molecule has 5 rings (SSSR count). The summed E-state index contributed by atoms with van der Waals surface area (Å²) in [6, 6.07) is 2.91. The molecule has 0 saturated heterocycles. The predicted molar refractivity (Wildman–Crippen MR) is 75.7 cm³/mol. The zero-order valence-corrected chi connectivity index (χ0v) is 11.7. The average Bonchev–Trinajstić information content (AvgIpc) is 2.83. The molecule has 104 valence electrons. The summed E-state index contributed by atoms with van der Waals surface area (Å²) < 4.78 is 2.39. The van der Waals surface area contributed by atoms with Gasteiger partial charge in [0.05, 0.1) is 6.04 Å². The molecule has 0 aromatic carbocycles. The molecule has 0 amide bonds. The molecule has 0 radical (unpaired) electrons. The minimum Gasteiger partial charge on any atom is -0.330 e. The second-order valence-electron chi connectivity index (χ2n) is 7.08. The van der Waals surface area contributed by atoms with Gasteiger partial charge in [0, 0.05) is 11.9 Å². The van der Waals surface area contributed by atoms with Crippen LogP contribution in [0.25, 0.3) is 0 Å². The molecule has 19 heavy (non-hydrogen) atoms. The van der Waals surface area contributed by atoms with E-state index in [-0.39, 0.29) is 0 Å². The van der Waals surface area contributed by atoms with E-state index in [9.17, 15) is 0 Å². The Kier molecular flexibility index (Phi) is 2.91. The van der Waals surface area contributed by atoms with Gasteiger partial charge >= 0.3 is 0 Å². The SMILES string of the molecule is NCCCc1ccnn1C1C2CC3CC(C2)CC1C3. The molecule has 0 atom stereocenters. The molecule has 2 N–H and O–H groups in total. The Balaban J connectivity index is 1.60. The first kappa shape index (κ1) is 12.0. The summed E-state index contributed by atoms with van der Waals surface area (Å²) in [4.78, 5) is 0. The van der Waals surface area contributed by atoms with Crippen molar-refractivity contribution in [1.82, 2.24) is 9.78 Å². The summed E-state index contributed by atoms with van der Waals surface area (Å²) in [5.41, 5.74) is 7.08. The van der Waals surface area contributed by atoms with Crippen LogP contribution in [-0.2, 0) is 6.42 Å². The Labute approximate surface area is 115 Å². The number of aromatic nitrogens is 2. The Morgan fingerprint density at radius 3 is 2.42 bits per heavy atom. The van der Waals surface area contributed by atoms with Crippen molar-refractivity contribution in [1.29, 1.82) is 0 Å². The summed E-state index contributed by atoms with van der Waals surface area (Å²) in [6.07, 6.45) is 11.6. The minimum absolute atomic E-state index is 0.704. The second kappa shape index (κ2) is 4.62. The summed E-state index contributed by atoms with van der Waals surface area (Å²) in [5.74, 6) is 3.91. The van der Waals surface area contributed by atoms with Crippen LogP contribution in [0.15, 0.2) is 12.3 Å². The van der Waals surface area contributed by atoms with Crippen molar-refractivity contribution in [3.63, 3.8) is 0 Å². The maximum Gasteiger partial charge on any atom is 0.0579 e. The van der Waals surface area contributed by atoms with E-state index in [4.69, 9.17) is 10.8 Å². The van der Waals surface area contributed by atoms with E-state index in [1.807, 2.05) is 6.20 Å². The van der Waals surface area contributed by atoms with Crippen molar-refractivity contribution in [2.75, 3.05) is 6.54 Å². The number of hydrogen-bond acceptors (Lipinski definition) is 2. The van der Waals surface area contributed by atoms with Crippen molar-refractivity contribution in [2.45, 2.75) is 51.0 Å². The molecule has 0 unspecified atom stereocenters. The van der Waals surface area contributed by atoms with E-state index in [1.165, 1.54) is 37.8 Å². The zero-order chi connectivity index (χ0) is 12.8. The van der Waals surface area contributed by atoms with Crippen molar-refractivity contribution >= 4 is 0 Å². The third kappa shape index (κ3) is 1.94. The molecule has 4 saturated carbocycles. The highest BCUT2D eigenvalue weighted by molar-refractivity contribution is 5.07. The van der Waals surface area contributed by atoms with E-state index < -0.39 is 0 Å². The molecule has 1 aromatic heterocycles. The van der Waals surface area contributed by atoms with Gasteiger partial charge in [-0.25, -0.2) is 0 Å². The number of nitrogens with zero attached hydrogens (tertiary/aromatic N) is 2. The van der Waals surface area contributed by atoms with E-state index in [0.29, 0.717) is 6.04 Å². The Bertz CT molecular complexity index is 423. The van der Waals surface area contributed by atoms with Crippen LogP contribution < -0.4 is 5.73 Å². The molecule has 4 aliphatic rings. The first-order valence-corrected chi connectivity index (χ1v) is 8.07. The molecule has 3 nitrogen and oxygen atoms in total. The van der Waals surface area contributed by atoms with Crippen LogP contribution in [0.4, 0.5) is 0 Å². The van der Waals surface area contributed by atoms with E-state index >= 15 is 0 Å². The molecule has 4 bridgehead atoms. The largest absolute Gasteiger partial charge is 0.330 e. The van der Waals surface area contributed by atoms with Crippen LogP contribution in [0, 0.1) is 23.7 Å². The highest BCUT2D eigenvalue weighted by atomic mass is 15.3. The summed E-state index contributed by atoms with van der Waals surface area (Å²) in [6.45, 7) is 0.785. The third-order valence-corrected chi connectivity index (χ3v) is 5.85. The fourth-order valence-corrected chi connectivity index (χ4v) is 5.39. The summed E-state index contributed by atoms with van der Waals surface area (Å²) in [7, 11) is 0. The van der Waals surface area contributed by atoms with Crippen molar-refractivity contribution in [3.05, 3.63) is 18.0 Å². The Morgan fingerprint density at radius 2 is 1.79 bits per heavy atom. The molecular formula is C16H25N3. The number of aryl methyl sites for hydroxylation is 1. The smallest absolute Gasteiger partial charge is 0.0579 e. The number of nitrogens with two attached hydrogens (primary N) is 1. The highest BCUT2D eigenvalue weighted by Gasteiger charge is 2.49. The lowest BCUT2D eigenvalue weighted by Gasteiger charge is -2.54. The molecule has 1 aromatic rings. The van der Waals surface area contributed by atoms with Crippen LogP contribution in [0.2, 0.25) is 0 Å². The minimum atomic E-state index is 0.704. The maximum absolute atomic E-state index is 5.66. The molecule has 0 aliphatic heterocycles. The molecule has 0 spiro atoms. The number of hydrogen-bond donors (Lipinski definition) is 1. The molecule has 4 fully saturated rings. The van der Waals surface area contributed by atoms with Gasteiger partial charge in [0.25, 0.3) is 0 Å². The predicted octanol–water partition coefficient (Wildman–Crippen LogP) is 2.77. The first-order valence-electron chi connectivity index (χ1n) is 8.07. The van der Waals surface area contributed by atoms with Gasteiger partial charge in [-0.1, -0.05) is 0 Å². The van der Waals surface area contributed by atoms with Gasteiger partial charge in [-0.15, -0.1) is 0 Å². The Morgan fingerprint density at radius 1 is 1.11 bits per heavy atom. The van der Waals surface area contributed by atoms with Crippen LogP contribution in [0.1, 0.15) is 50.3 Å². The van der Waals surface area contributed by atoms with Crippen LogP contribution >= 0.6 is 0 Å². The number of rotatable bonds is 4. The fourth-order valence-electron chi connectivity index (χ4n) is 5.39. The van der Waals surface area contributed by atoms with Crippen molar-refractivity contribution in [2.24, 2.45) is 29.4 Å². The zero-order valence-electron chi connectivity index (χ0n) is 11.7. The normalized spacial score (nSPS) is 39.9. The standard InChI is InChI=1S/C16H25N3/c17-4-1-2-15-3-5-18-19(15)16-13-7-11-6-12(9-13)10-14(16)8-11/h3,5,11-14,16H,1-2,4,6-10,17H2. The Hall–Kier alpha value is -0.830. The van der Waals surface area contributed by atoms with Gasteiger partial charge in [0.15, 0.2) is 0 Å². The maximum atomic E-state index is 5.66. The van der Waals surface area contributed by atoms with Gasteiger partial charge in [0.2, 0.25) is 0 Å². The van der Waals surface area contributed by atoms with E-state index in [2.05, 4.69) is 10.7 Å². The van der Waals surface area contributed by atoms with Gasteiger partial charge in [0.1, 0.15) is 0 Å². The lowest BCUT2D eigenvalue weighted by Crippen LogP contribution is -2.46. The fraction of sp³-hybridized carbons (Fsp3) is 0.812. The van der Waals surface area contributed by atoms with Crippen molar-refractivity contribution < 1.29 is 0 Å². The monoisotopic (exact) mass is 259 g/mol. The second-order valence-corrected chi connectivity index (χ2v) is 7.08. The van der Waals surface area contributed by atoms with Crippen LogP contribution in [-0.4, -0.2) is 16.3 Å². The van der Waals surface area contributed by atoms with Crippen molar-refractivity contribution in [3.8, 4) is 0 Å². The topological polar surface area (TPSA) is 43.8 Å². The quantitative estimate of drug-likeness (QED) is 0.903. The van der Waals surface area contributed by atoms with Gasteiger partial charge < -0.3 is 5.73 Å². The van der Waals surface area contributed by atoms with Gasteiger partial charge in [-0.05, 0) is 81.2 Å². The van der Waals surface area contributed by atoms with Gasteiger partial charge in [-0.2, -0.15) is 5.10 Å². The third-order valence-electron chi connectivity index (χ3n) is 5.85. The van der Waals surface area contributed by atoms with E-state index in [0.717, 1.165) is 43.1 Å². The molecule has 4 aliphatic carbocycles. The highest BCUT2D eigenvalue weighted by Crippen LogP contribution is 2.58. The first-order chi connectivity index (χ1) is 9.35.